The fourth-order valence-corrected chi connectivity index (χ4v) is 2.50. The first-order valence-electron chi connectivity index (χ1n) is 8.54. The molecule has 0 saturated heterocycles. The number of carbonyl (C=O) groups excluding carboxylic acids is 1. The lowest BCUT2D eigenvalue weighted by Crippen LogP contribution is -2.22. The zero-order valence-corrected chi connectivity index (χ0v) is 15.3. The van der Waals surface area contributed by atoms with Gasteiger partial charge in [-0.25, -0.2) is 0 Å². The molecule has 8 nitrogen and oxygen atoms in total. The predicted molar refractivity (Wildman–Crippen MR) is 105 cm³/mol. The van der Waals surface area contributed by atoms with E-state index in [-0.39, 0.29) is 5.91 Å². The summed E-state index contributed by atoms with van der Waals surface area (Å²) < 4.78 is 0. The first-order valence-corrected chi connectivity index (χ1v) is 8.54. The SMILES string of the molecule is CC(=O)Nc1cccc(Nc2nncc(N(C)CCc3ccncc3)n2)c1. The number of aromatic nitrogens is 4. The summed E-state index contributed by atoms with van der Waals surface area (Å²) in [6.45, 7) is 2.26. The second kappa shape index (κ2) is 8.70. The number of anilines is 4. The van der Waals surface area contributed by atoms with Crippen molar-refractivity contribution < 1.29 is 4.79 Å². The van der Waals surface area contributed by atoms with Crippen LogP contribution in [0.4, 0.5) is 23.1 Å². The van der Waals surface area contributed by atoms with E-state index in [1.54, 1.807) is 18.6 Å². The summed E-state index contributed by atoms with van der Waals surface area (Å²) >= 11 is 0. The van der Waals surface area contributed by atoms with E-state index in [0.29, 0.717) is 11.6 Å². The van der Waals surface area contributed by atoms with Crippen LogP contribution >= 0.6 is 0 Å². The average Bonchev–Trinajstić information content (AvgIpc) is 2.67. The Kier molecular flexibility index (Phi) is 5.88. The minimum absolute atomic E-state index is 0.122. The van der Waals surface area contributed by atoms with Gasteiger partial charge in [0.05, 0.1) is 6.20 Å². The largest absolute Gasteiger partial charge is 0.358 e. The van der Waals surface area contributed by atoms with E-state index in [4.69, 9.17) is 0 Å². The number of amides is 1. The van der Waals surface area contributed by atoms with E-state index < -0.39 is 0 Å². The van der Waals surface area contributed by atoms with Gasteiger partial charge in [0, 0.05) is 44.3 Å². The molecule has 138 valence electrons. The molecule has 0 atom stereocenters. The third-order valence-electron chi connectivity index (χ3n) is 3.86. The van der Waals surface area contributed by atoms with Gasteiger partial charge in [0.2, 0.25) is 11.9 Å². The van der Waals surface area contributed by atoms with Crippen molar-refractivity contribution in [2.24, 2.45) is 0 Å². The Morgan fingerprint density at radius 2 is 1.93 bits per heavy atom. The number of carbonyl (C=O) groups is 1. The molecular formula is C19H21N7O. The zero-order valence-electron chi connectivity index (χ0n) is 15.3. The molecule has 27 heavy (non-hydrogen) atoms. The number of pyridine rings is 1. The average molecular weight is 363 g/mol. The Morgan fingerprint density at radius 1 is 1.15 bits per heavy atom. The monoisotopic (exact) mass is 363 g/mol. The Morgan fingerprint density at radius 3 is 2.70 bits per heavy atom. The van der Waals surface area contributed by atoms with E-state index >= 15 is 0 Å². The summed E-state index contributed by atoms with van der Waals surface area (Å²) in [7, 11) is 1.96. The number of hydrogen-bond donors (Lipinski definition) is 2. The normalized spacial score (nSPS) is 10.3. The quantitative estimate of drug-likeness (QED) is 0.666. The summed E-state index contributed by atoms with van der Waals surface area (Å²) in [6.07, 6.45) is 6.09. The third-order valence-corrected chi connectivity index (χ3v) is 3.86. The van der Waals surface area contributed by atoms with Gasteiger partial charge in [-0.2, -0.15) is 10.1 Å². The maximum Gasteiger partial charge on any atom is 0.249 e. The third kappa shape index (κ3) is 5.46. The van der Waals surface area contributed by atoms with Gasteiger partial charge in [0.15, 0.2) is 5.82 Å². The molecule has 8 heteroatoms. The second-order valence-corrected chi connectivity index (χ2v) is 6.05. The number of likely N-dealkylation sites (N-methyl/N-ethyl adjacent to an activating group) is 1. The van der Waals surface area contributed by atoms with Crippen molar-refractivity contribution in [3.63, 3.8) is 0 Å². The lowest BCUT2D eigenvalue weighted by molar-refractivity contribution is -0.114. The van der Waals surface area contributed by atoms with Gasteiger partial charge in [-0.3, -0.25) is 9.78 Å². The van der Waals surface area contributed by atoms with Crippen LogP contribution in [0.3, 0.4) is 0 Å². The van der Waals surface area contributed by atoms with E-state index in [1.807, 2.05) is 48.3 Å². The van der Waals surface area contributed by atoms with Crippen molar-refractivity contribution in [3.8, 4) is 0 Å². The lowest BCUT2D eigenvalue weighted by Gasteiger charge is -2.18. The zero-order chi connectivity index (χ0) is 19.1. The molecule has 0 bridgehead atoms. The van der Waals surface area contributed by atoms with Gasteiger partial charge < -0.3 is 15.5 Å². The molecule has 0 aliphatic heterocycles. The van der Waals surface area contributed by atoms with Crippen LogP contribution in [0.15, 0.2) is 55.0 Å². The molecule has 0 fully saturated rings. The van der Waals surface area contributed by atoms with Crippen molar-refractivity contribution >= 4 is 29.0 Å². The van der Waals surface area contributed by atoms with Gasteiger partial charge in [-0.15, -0.1) is 5.10 Å². The molecule has 2 heterocycles. The van der Waals surface area contributed by atoms with Crippen molar-refractivity contribution in [1.82, 2.24) is 20.2 Å². The van der Waals surface area contributed by atoms with Crippen molar-refractivity contribution in [2.45, 2.75) is 13.3 Å². The highest BCUT2D eigenvalue weighted by Crippen LogP contribution is 2.19. The molecule has 0 radical (unpaired) electrons. The molecule has 0 aliphatic rings. The van der Waals surface area contributed by atoms with Crippen LogP contribution in [0.1, 0.15) is 12.5 Å². The molecule has 3 rings (SSSR count). The van der Waals surface area contributed by atoms with Gasteiger partial charge in [0.25, 0.3) is 0 Å². The Labute approximate surface area is 157 Å². The predicted octanol–water partition coefficient (Wildman–Crippen LogP) is 2.65. The van der Waals surface area contributed by atoms with Crippen molar-refractivity contribution in [2.75, 3.05) is 29.1 Å². The number of nitrogens with one attached hydrogen (secondary N) is 2. The highest BCUT2D eigenvalue weighted by molar-refractivity contribution is 5.89. The summed E-state index contributed by atoms with van der Waals surface area (Å²) in [6, 6.07) is 11.3. The molecule has 1 amide bonds. The lowest BCUT2D eigenvalue weighted by atomic mass is 10.2. The first-order chi connectivity index (χ1) is 13.1. The fraction of sp³-hybridized carbons (Fsp3) is 0.211. The first kappa shape index (κ1) is 18.2. The number of benzene rings is 1. The van der Waals surface area contributed by atoms with Gasteiger partial charge in [-0.05, 0) is 42.3 Å². The minimum Gasteiger partial charge on any atom is -0.358 e. The van der Waals surface area contributed by atoms with Crippen LogP contribution < -0.4 is 15.5 Å². The number of nitrogens with zero attached hydrogens (tertiary/aromatic N) is 5. The van der Waals surface area contributed by atoms with Crippen LogP contribution in [-0.4, -0.2) is 39.7 Å². The van der Waals surface area contributed by atoms with Crippen molar-refractivity contribution in [3.05, 3.63) is 60.6 Å². The molecule has 2 N–H and O–H groups in total. The number of rotatable bonds is 7. The van der Waals surface area contributed by atoms with Crippen LogP contribution in [0.2, 0.25) is 0 Å². The summed E-state index contributed by atoms with van der Waals surface area (Å²) in [5.41, 5.74) is 2.68. The van der Waals surface area contributed by atoms with E-state index in [9.17, 15) is 4.79 Å². The molecule has 0 saturated carbocycles. The smallest absolute Gasteiger partial charge is 0.249 e. The molecule has 3 aromatic rings. The van der Waals surface area contributed by atoms with E-state index in [1.165, 1.54) is 12.5 Å². The summed E-state index contributed by atoms with van der Waals surface area (Å²) in [5.74, 6) is 0.991. The van der Waals surface area contributed by atoms with Gasteiger partial charge >= 0.3 is 0 Å². The Hall–Kier alpha value is -3.55. The minimum atomic E-state index is -0.122. The maximum atomic E-state index is 11.2. The highest BCUT2D eigenvalue weighted by atomic mass is 16.1. The van der Waals surface area contributed by atoms with Gasteiger partial charge in [-0.1, -0.05) is 6.07 Å². The molecule has 0 unspecified atom stereocenters. The van der Waals surface area contributed by atoms with Crippen LogP contribution in [0, 0.1) is 0 Å². The molecular weight excluding hydrogens is 342 g/mol. The maximum absolute atomic E-state index is 11.2. The molecule has 2 aromatic heterocycles. The number of hydrogen-bond acceptors (Lipinski definition) is 7. The molecule has 0 spiro atoms. The van der Waals surface area contributed by atoms with Gasteiger partial charge in [0.1, 0.15) is 0 Å². The van der Waals surface area contributed by atoms with Crippen molar-refractivity contribution in [1.29, 1.82) is 0 Å². The fourth-order valence-electron chi connectivity index (χ4n) is 2.50. The van der Waals surface area contributed by atoms with Crippen LogP contribution in [-0.2, 0) is 11.2 Å². The second-order valence-electron chi connectivity index (χ2n) is 6.05. The highest BCUT2D eigenvalue weighted by Gasteiger charge is 2.07. The summed E-state index contributed by atoms with van der Waals surface area (Å²) in [4.78, 5) is 21.8. The Bertz CT molecular complexity index is 901. The standard InChI is InChI=1S/C19H21N7O/c1-14(27)22-16-4-3-5-17(12-16)23-19-24-18(13-21-25-19)26(2)11-8-15-6-9-20-10-7-15/h3-7,9-10,12-13H,8,11H2,1-2H3,(H,22,27)(H,23,24,25). The van der Waals surface area contributed by atoms with E-state index in [2.05, 4.69) is 30.8 Å². The molecule has 1 aromatic carbocycles. The van der Waals surface area contributed by atoms with E-state index in [0.717, 1.165) is 24.5 Å². The Balaban J connectivity index is 1.65. The van der Waals surface area contributed by atoms with Crippen LogP contribution in [0.5, 0.6) is 0 Å². The van der Waals surface area contributed by atoms with Crippen LogP contribution in [0.25, 0.3) is 0 Å². The topological polar surface area (TPSA) is 95.9 Å². The summed E-state index contributed by atoms with van der Waals surface area (Å²) in [5, 5.41) is 13.9. The molecule has 0 aliphatic carbocycles.